The van der Waals surface area contributed by atoms with Gasteiger partial charge in [0.05, 0.1) is 17.8 Å². The molecule has 0 unspecified atom stereocenters. The molecule has 0 saturated carbocycles. The molecule has 32 heavy (non-hydrogen) atoms. The SMILES string of the molecule is CC(C)(C)NC(=O)c1cc(COC(C)(C)C)ccc1O[C@@H]1O[C@H](C(=O)O)[C@@H](O)[C@H](O)[C@H]1O. The summed E-state index contributed by atoms with van der Waals surface area (Å²) in [6.07, 6.45) is -8.86. The molecule has 1 aromatic rings. The van der Waals surface area contributed by atoms with Gasteiger partial charge in [-0.1, -0.05) is 6.07 Å². The number of carbonyl (C=O) groups is 2. The zero-order chi connectivity index (χ0) is 24.4. The minimum absolute atomic E-state index is 0.00281. The number of carboxylic acids is 1. The van der Waals surface area contributed by atoms with Crippen molar-refractivity contribution in [2.45, 2.75) is 90.0 Å². The van der Waals surface area contributed by atoms with Crippen LogP contribution in [-0.4, -0.2) is 74.1 Å². The molecule has 180 valence electrons. The van der Waals surface area contributed by atoms with Crippen molar-refractivity contribution in [3.8, 4) is 5.75 Å². The summed E-state index contributed by atoms with van der Waals surface area (Å²) in [7, 11) is 0. The number of hydrogen-bond acceptors (Lipinski definition) is 8. The van der Waals surface area contributed by atoms with E-state index in [4.69, 9.17) is 14.2 Å². The molecule has 0 aliphatic carbocycles. The van der Waals surface area contributed by atoms with E-state index in [1.807, 2.05) is 20.8 Å². The molecular weight excluding hydrogens is 422 g/mol. The average molecular weight is 456 g/mol. The zero-order valence-corrected chi connectivity index (χ0v) is 19.2. The van der Waals surface area contributed by atoms with E-state index in [9.17, 15) is 30.0 Å². The van der Waals surface area contributed by atoms with Gasteiger partial charge >= 0.3 is 5.97 Å². The highest BCUT2D eigenvalue weighted by Crippen LogP contribution is 2.28. The standard InChI is InChI=1S/C22H33NO9/c1-21(2,3)23-18(27)12-9-11(10-30-22(4,5)6)7-8-13(12)31-20-16(26)14(24)15(25)17(32-20)19(28)29/h7-9,14-17,20,24-26H,10H2,1-6H3,(H,23,27)(H,28,29)/t14-,15-,16+,17-,20+/m0/s1. The highest BCUT2D eigenvalue weighted by Gasteiger charge is 2.48. The average Bonchev–Trinajstić information content (AvgIpc) is 2.65. The molecule has 1 aliphatic rings. The molecule has 2 rings (SSSR count). The summed E-state index contributed by atoms with van der Waals surface area (Å²) in [5.74, 6) is -1.99. The number of benzene rings is 1. The third kappa shape index (κ3) is 6.88. The second kappa shape index (κ2) is 9.72. The first-order valence-electron chi connectivity index (χ1n) is 10.3. The van der Waals surface area contributed by atoms with Crippen molar-refractivity contribution in [2.75, 3.05) is 0 Å². The van der Waals surface area contributed by atoms with Crippen molar-refractivity contribution in [1.29, 1.82) is 0 Å². The van der Waals surface area contributed by atoms with Crippen LogP contribution in [0, 0.1) is 0 Å². The van der Waals surface area contributed by atoms with Crippen LogP contribution in [0.15, 0.2) is 18.2 Å². The van der Waals surface area contributed by atoms with Crippen LogP contribution < -0.4 is 10.1 Å². The quantitative estimate of drug-likeness (QED) is 0.419. The van der Waals surface area contributed by atoms with Crippen molar-refractivity contribution in [3.05, 3.63) is 29.3 Å². The minimum atomic E-state index is -1.84. The highest BCUT2D eigenvalue weighted by molar-refractivity contribution is 5.97. The molecule has 1 heterocycles. The summed E-state index contributed by atoms with van der Waals surface area (Å²) in [5.41, 5.74) is -0.151. The first-order valence-corrected chi connectivity index (χ1v) is 10.3. The molecule has 10 heteroatoms. The van der Waals surface area contributed by atoms with Gasteiger partial charge in [0, 0.05) is 5.54 Å². The van der Waals surface area contributed by atoms with E-state index in [-0.39, 0.29) is 17.9 Å². The van der Waals surface area contributed by atoms with E-state index in [1.165, 1.54) is 6.07 Å². The highest BCUT2D eigenvalue weighted by atomic mass is 16.7. The van der Waals surface area contributed by atoms with Crippen LogP contribution in [0.1, 0.15) is 57.5 Å². The summed E-state index contributed by atoms with van der Waals surface area (Å²) >= 11 is 0. The van der Waals surface area contributed by atoms with Crippen LogP contribution in [0.25, 0.3) is 0 Å². The Morgan fingerprint density at radius 3 is 2.19 bits per heavy atom. The van der Waals surface area contributed by atoms with Crippen LogP contribution in [0.3, 0.4) is 0 Å². The van der Waals surface area contributed by atoms with Gasteiger partial charge in [-0.15, -0.1) is 0 Å². The Morgan fingerprint density at radius 1 is 1.03 bits per heavy atom. The number of carbonyl (C=O) groups excluding carboxylic acids is 1. The summed E-state index contributed by atoms with van der Waals surface area (Å²) in [5, 5.41) is 42.1. The molecule has 1 saturated heterocycles. The lowest BCUT2D eigenvalue weighted by Gasteiger charge is -2.38. The first-order chi connectivity index (χ1) is 14.6. The van der Waals surface area contributed by atoms with Crippen LogP contribution >= 0.6 is 0 Å². The largest absolute Gasteiger partial charge is 0.479 e. The molecule has 1 fully saturated rings. The van der Waals surface area contributed by atoms with Gasteiger partial charge in [0.2, 0.25) is 6.29 Å². The normalized spacial score (nSPS) is 26.5. The topological polar surface area (TPSA) is 155 Å². The molecule has 0 aromatic heterocycles. The molecule has 10 nitrogen and oxygen atoms in total. The van der Waals surface area contributed by atoms with Gasteiger partial charge in [0.25, 0.3) is 5.91 Å². The number of aliphatic hydroxyl groups is 3. The minimum Gasteiger partial charge on any atom is -0.479 e. The third-order valence-electron chi connectivity index (χ3n) is 4.51. The Balaban J connectivity index is 2.36. The number of hydrogen-bond donors (Lipinski definition) is 5. The fourth-order valence-corrected chi connectivity index (χ4v) is 2.93. The van der Waals surface area contributed by atoms with Gasteiger partial charge in [-0.05, 0) is 59.2 Å². The lowest BCUT2D eigenvalue weighted by atomic mass is 9.99. The third-order valence-corrected chi connectivity index (χ3v) is 4.51. The number of aliphatic hydroxyl groups excluding tert-OH is 3. The molecule has 0 radical (unpaired) electrons. The summed E-state index contributed by atoms with van der Waals surface area (Å²) in [4.78, 5) is 24.3. The van der Waals surface area contributed by atoms with Crippen molar-refractivity contribution in [3.63, 3.8) is 0 Å². The second-order valence-electron chi connectivity index (χ2n) is 9.79. The number of amides is 1. The second-order valence-corrected chi connectivity index (χ2v) is 9.79. The Labute approximate surface area is 187 Å². The molecule has 1 aromatic carbocycles. The maximum atomic E-state index is 12.9. The Kier molecular flexibility index (Phi) is 7.90. The fourth-order valence-electron chi connectivity index (χ4n) is 2.93. The van der Waals surface area contributed by atoms with E-state index >= 15 is 0 Å². The maximum absolute atomic E-state index is 12.9. The number of aliphatic carboxylic acids is 1. The van der Waals surface area contributed by atoms with Crippen molar-refractivity contribution >= 4 is 11.9 Å². The number of carboxylic acid groups (broad SMARTS) is 1. The molecular formula is C22H33NO9. The van der Waals surface area contributed by atoms with Gasteiger partial charge in [-0.25, -0.2) is 4.79 Å². The van der Waals surface area contributed by atoms with Crippen molar-refractivity contribution in [2.24, 2.45) is 0 Å². The summed E-state index contributed by atoms with van der Waals surface area (Å²) in [6.45, 7) is 11.4. The summed E-state index contributed by atoms with van der Waals surface area (Å²) < 4.78 is 16.6. The molecule has 5 atom stereocenters. The number of ether oxygens (including phenoxy) is 3. The van der Waals surface area contributed by atoms with Crippen LogP contribution in [0.5, 0.6) is 5.75 Å². The predicted octanol–water partition coefficient (Wildman–Crippen LogP) is 0.801. The summed E-state index contributed by atoms with van der Waals surface area (Å²) in [6, 6.07) is 4.70. The smallest absolute Gasteiger partial charge is 0.335 e. The zero-order valence-electron chi connectivity index (χ0n) is 19.2. The Morgan fingerprint density at radius 2 is 1.66 bits per heavy atom. The van der Waals surface area contributed by atoms with Crippen LogP contribution in [0.2, 0.25) is 0 Å². The van der Waals surface area contributed by atoms with Crippen molar-refractivity contribution in [1.82, 2.24) is 5.32 Å². The van der Waals surface area contributed by atoms with Gasteiger partial charge in [-0.3, -0.25) is 4.79 Å². The molecule has 5 N–H and O–H groups in total. The fraction of sp³-hybridized carbons (Fsp3) is 0.636. The monoisotopic (exact) mass is 455 g/mol. The molecule has 0 spiro atoms. The van der Waals surface area contributed by atoms with E-state index in [2.05, 4.69) is 5.32 Å². The van der Waals surface area contributed by atoms with Crippen LogP contribution in [0.4, 0.5) is 0 Å². The van der Waals surface area contributed by atoms with Gasteiger partial charge in [0.1, 0.15) is 24.1 Å². The molecule has 1 aliphatic heterocycles. The van der Waals surface area contributed by atoms with E-state index in [0.717, 1.165) is 0 Å². The predicted molar refractivity (Wildman–Crippen MR) is 113 cm³/mol. The van der Waals surface area contributed by atoms with Crippen LogP contribution in [-0.2, 0) is 20.9 Å². The Hall–Kier alpha value is -2.24. The van der Waals surface area contributed by atoms with Crippen molar-refractivity contribution < 1.29 is 44.2 Å². The molecule has 1 amide bonds. The number of rotatable bonds is 6. The van der Waals surface area contributed by atoms with E-state index in [0.29, 0.717) is 5.56 Å². The lowest BCUT2D eigenvalue weighted by molar-refractivity contribution is -0.271. The number of nitrogens with one attached hydrogen (secondary N) is 1. The van der Waals surface area contributed by atoms with Gasteiger partial charge in [-0.2, -0.15) is 0 Å². The molecule has 0 bridgehead atoms. The van der Waals surface area contributed by atoms with E-state index in [1.54, 1.807) is 32.9 Å². The Bertz CT molecular complexity index is 828. The first kappa shape index (κ1) is 26.0. The van der Waals surface area contributed by atoms with E-state index < -0.39 is 53.7 Å². The van der Waals surface area contributed by atoms with Gasteiger partial charge < -0.3 is 40.0 Å². The lowest BCUT2D eigenvalue weighted by Crippen LogP contribution is -2.61. The van der Waals surface area contributed by atoms with Gasteiger partial charge in [0.15, 0.2) is 6.10 Å². The maximum Gasteiger partial charge on any atom is 0.335 e.